The summed E-state index contributed by atoms with van der Waals surface area (Å²) in [6.45, 7) is 3.82. The SMILES string of the molecule is CC1CC=Cc2c1nc(N)c1ncn(CCCCNC(=O)CCC3CC4CCCC3C4)c21. The van der Waals surface area contributed by atoms with Gasteiger partial charge < -0.3 is 15.6 Å². The second-order valence-corrected chi connectivity index (χ2v) is 10.4. The van der Waals surface area contributed by atoms with E-state index in [4.69, 9.17) is 5.73 Å². The molecule has 3 aliphatic carbocycles. The first-order valence-electron chi connectivity index (χ1n) is 12.7. The molecule has 32 heavy (non-hydrogen) atoms. The summed E-state index contributed by atoms with van der Waals surface area (Å²) in [4.78, 5) is 21.5. The number of pyridine rings is 1. The van der Waals surface area contributed by atoms with E-state index >= 15 is 0 Å². The van der Waals surface area contributed by atoms with Crippen LogP contribution >= 0.6 is 0 Å². The molecule has 0 aliphatic heterocycles. The molecule has 0 aromatic carbocycles. The fraction of sp³-hybridized carbons (Fsp3) is 0.654. The molecule has 172 valence electrons. The summed E-state index contributed by atoms with van der Waals surface area (Å²) in [6, 6.07) is 0. The number of nitrogens with zero attached hydrogens (tertiary/aromatic N) is 3. The van der Waals surface area contributed by atoms with Crippen molar-refractivity contribution in [1.29, 1.82) is 0 Å². The number of aromatic nitrogens is 3. The Hall–Kier alpha value is -2.37. The summed E-state index contributed by atoms with van der Waals surface area (Å²) < 4.78 is 2.20. The summed E-state index contributed by atoms with van der Waals surface area (Å²) >= 11 is 0. The van der Waals surface area contributed by atoms with Crippen molar-refractivity contribution in [1.82, 2.24) is 19.9 Å². The molecule has 3 N–H and O–H groups in total. The molecule has 2 aromatic rings. The second kappa shape index (κ2) is 9.24. The van der Waals surface area contributed by atoms with E-state index in [2.05, 4.69) is 38.9 Å². The van der Waals surface area contributed by atoms with Gasteiger partial charge >= 0.3 is 0 Å². The van der Waals surface area contributed by atoms with Gasteiger partial charge in [-0.05, 0) is 56.3 Å². The van der Waals surface area contributed by atoms with Gasteiger partial charge in [-0.3, -0.25) is 4.79 Å². The lowest BCUT2D eigenvalue weighted by Gasteiger charge is -2.20. The average Bonchev–Trinajstić information content (AvgIpc) is 3.34. The van der Waals surface area contributed by atoms with Crippen LogP contribution in [0.25, 0.3) is 17.1 Å². The topological polar surface area (TPSA) is 85.8 Å². The Morgan fingerprint density at radius 1 is 1.28 bits per heavy atom. The monoisotopic (exact) mass is 435 g/mol. The molecule has 6 nitrogen and oxygen atoms in total. The van der Waals surface area contributed by atoms with Crippen LogP contribution in [-0.4, -0.2) is 27.0 Å². The van der Waals surface area contributed by atoms with Gasteiger partial charge in [0, 0.05) is 31.0 Å². The molecule has 0 saturated heterocycles. The van der Waals surface area contributed by atoms with E-state index in [1.165, 1.54) is 32.1 Å². The smallest absolute Gasteiger partial charge is 0.220 e. The quantitative estimate of drug-likeness (QED) is 0.569. The van der Waals surface area contributed by atoms with Gasteiger partial charge in [-0.1, -0.05) is 38.3 Å². The van der Waals surface area contributed by atoms with E-state index in [0.29, 0.717) is 18.2 Å². The maximum absolute atomic E-state index is 12.3. The number of nitrogens with one attached hydrogen (secondary N) is 1. The first-order valence-corrected chi connectivity index (χ1v) is 12.7. The number of aryl methyl sites for hydroxylation is 1. The number of hydrogen-bond donors (Lipinski definition) is 2. The Labute approximate surface area is 191 Å². The Bertz CT molecular complexity index is 1010. The van der Waals surface area contributed by atoms with Crippen LogP contribution in [0.2, 0.25) is 0 Å². The molecule has 2 heterocycles. The van der Waals surface area contributed by atoms with Crippen molar-refractivity contribution >= 4 is 28.8 Å². The van der Waals surface area contributed by atoms with Gasteiger partial charge in [0.25, 0.3) is 0 Å². The number of imidazole rings is 1. The number of carbonyl (C=O) groups is 1. The number of unbranched alkanes of at least 4 members (excludes halogenated alkanes) is 1. The molecular formula is C26H37N5O. The average molecular weight is 436 g/mol. The van der Waals surface area contributed by atoms with Crippen LogP contribution in [0.1, 0.15) is 88.3 Å². The van der Waals surface area contributed by atoms with E-state index in [1.807, 2.05) is 6.33 Å². The highest BCUT2D eigenvalue weighted by Gasteiger charge is 2.36. The molecule has 3 aliphatic rings. The van der Waals surface area contributed by atoms with E-state index in [1.54, 1.807) is 0 Å². The number of amides is 1. The van der Waals surface area contributed by atoms with Crippen LogP contribution in [0, 0.1) is 17.8 Å². The maximum Gasteiger partial charge on any atom is 0.220 e. The zero-order chi connectivity index (χ0) is 22.1. The van der Waals surface area contributed by atoms with Crippen molar-refractivity contribution in [2.24, 2.45) is 17.8 Å². The normalized spacial score (nSPS) is 26.4. The number of rotatable bonds is 8. The number of carbonyl (C=O) groups excluding carboxylic acids is 1. The number of hydrogen-bond acceptors (Lipinski definition) is 4. The van der Waals surface area contributed by atoms with Gasteiger partial charge in [-0.15, -0.1) is 0 Å². The predicted octanol–water partition coefficient (Wildman–Crippen LogP) is 5.04. The first-order chi connectivity index (χ1) is 15.6. The Kier molecular flexibility index (Phi) is 6.20. The van der Waals surface area contributed by atoms with E-state index < -0.39 is 0 Å². The van der Waals surface area contributed by atoms with Crippen molar-refractivity contribution < 1.29 is 4.79 Å². The van der Waals surface area contributed by atoms with E-state index in [0.717, 1.165) is 78.8 Å². The lowest BCUT2D eigenvalue weighted by molar-refractivity contribution is -0.121. The van der Waals surface area contributed by atoms with Crippen LogP contribution in [0.15, 0.2) is 12.4 Å². The molecule has 1 amide bonds. The van der Waals surface area contributed by atoms with Gasteiger partial charge in [-0.25, -0.2) is 9.97 Å². The van der Waals surface area contributed by atoms with Crippen LogP contribution in [0.3, 0.4) is 0 Å². The van der Waals surface area contributed by atoms with Crippen molar-refractivity contribution in [3.05, 3.63) is 23.7 Å². The number of fused-ring (bicyclic) bond motifs is 5. The molecule has 2 fully saturated rings. The number of allylic oxidation sites excluding steroid dienone is 1. The number of nitrogen functional groups attached to an aromatic ring is 1. The minimum Gasteiger partial charge on any atom is -0.382 e. The third-order valence-corrected chi connectivity index (χ3v) is 8.11. The van der Waals surface area contributed by atoms with Gasteiger partial charge in [0.15, 0.2) is 5.82 Å². The molecule has 2 bridgehead atoms. The minimum absolute atomic E-state index is 0.228. The van der Waals surface area contributed by atoms with Gasteiger partial charge in [-0.2, -0.15) is 0 Å². The number of anilines is 1. The van der Waals surface area contributed by atoms with Crippen molar-refractivity contribution in [2.75, 3.05) is 12.3 Å². The third-order valence-electron chi connectivity index (χ3n) is 8.11. The molecule has 5 rings (SSSR count). The molecule has 2 aromatic heterocycles. The van der Waals surface area contributed by atoms with Crippen LogP contribution in [-0.2, 0) is 11.3 Å². The fourth-order valence-corrected chi connectivity index (χ4v) is 6.42. The summed E-state index contributed by atoms with van der Waals surface area (Å²) in [5.74, 6) is 3.79. The van der Waals surface area contributed by atoms with E-state index in [9.17, 15) is 4.79 Å². The van der Waals surface area contributed by atoms with Gasteiger partial charge in [0.2, 0.25) is 5.91 Å². The molecule has 6 heteroatoms. The predicted molar refractivity (Wildman–Crippen MR) is 129 cm³/mol. The summed E-state index contributed by atoms with van der Waals surface area (Å²) in [7, 11) is 0. The van der Waals surface area contributed by atoms with Gasteiger partial charge in [0.1, 0.15) is 5.52 Å². The zero-order valence-electron chi connectivity index (χ0n) is 19.4. The highest BCUT2D eigenvalue weighted by atomic mass is 16.1. The van der Waals surface area contributed by atoms with Crippen LogP contribution in [0.5, 0.6) is 0 Å². The molecular weight excluding hydrogens is 398 g/mol. The summed E-state index contributed by atoms with van der Waals surface area (Å²) in [5, 5.41) is 3.14. The third kappa shape index (κ3) is 4.28. The molecule has 0 radical (unpaired) electrons. The maximum atomic E-state index is 12.3. The Morgan fingerprint density at radius 3 is 3.06 bits per heavy atom. The summed E-state index contributed by atoms with van der Waals surface area (Å²) in [6.07, 6.45) is 18.0. The van der Waals surface area contributed by atoms with Crippen LogP contribution in [0.4, 0.5) is 5.82 Å². The van der Waals surface area contributed by atoms with Crippen molar-refractivity contribution in [3.63, 3.8) is 0 Å². The van der Waals surface area contributed by atoms with Crippen LogP contribution < -0.4 is 11.1 Å². The zero-order valence-corrected chi connectivity index (χ0v) is 19.4. The molecule has 2 saturated carbocycles. The van der Waals surface area contributed by atoms with Gasteiger partial charge in [0.05, 0.1) is 17.5 Å². The largest absolute Gasteiger partial charge is 0.382 e. The summed E-state index contributed by atoms with van der Waals surface area (Å²) in [5.41, 5.74) is 10.3. The fourth-order valence-electron chi connectivity index (χ4n) is 6.42. The standard InChI is InChI=1S/C26H37N5O/c1-17-6-4-9-21-23(17)30-26(27)24-25(21)31(16-29-24)13-3-2-12-28-22(32)11-10-20-15-18-7-5-8-19(20)14-18/h4,9,16-20H,2-3,5-8,10-15H2,1H3,(H2,27,30)(H,28,32). The minimum atomic E-state index is 0.228. The lowest BCUT2D eigenvalue weighted by Crippen LogP contribution is -2.25. The van der Waals surface area contributed by atoms with E-state index in [-0.39, 0.29) is 5.91 Å². The van der Waals surface area contributed by atoms with Crippen molar-refractivity contribution in [2.45, 2.75) is 83.6 Å². The highest BCUT2D eigenvalue weighted by Crippen LogP contribution is 2.47. The molecule has 4 atom stereocenters. The van der Waals surface area contributed by atoms with Crippen molar-refractivity contribution in [3.8, 4) is 0 Å². The Morgan fingerprint density at radius 2 is 2.19 bits per heavy atom. The lowest BCUT2D eigenvalue weighted by atomic mass is 9.85. The second-order valence-electron chi connectivity index (χ2n) is 10.4. The number of nitrogens with two attached hydrogens (primary N) is 1. The first kappa shape index (κ1) is 21.5. The molecule has 0 spiro atoms. The molecule has 4 unspecified atom stereocenters. The highest BCUT2D eigenvalue weighted by molar-refractivity contribution is 5.93. The Balaban J connectivity index is 1.09.